The lowest BCUT2D eigenvalue weighted by Crippen LogP contribution is -2.34. The summed E-state index contributed by atoms with van der Waals surface area (Å²) in [6.07, 6.45) is 2.27. The molecule has 0 bridgehead atoms. The second kappa shape index (κ2) is 21.2. The van der Waals surface area contributed by atoms with Gasteiger partial charge in [-0.1, -0.05) is 191 Å². The van der Waals surface area contributed by atoms with Gasteiger partial charge in [0.05, 0.1) is 17.1 Å². The van der Waals surface area contributed by atoms with Gasteiger partial charge in [-0.15, -0.1) is 11.3 Å². The van der Waals surface area contributed by atoms with E-state index >= 15 is 0 Å². The number of anilines is 9. The van der Waals surface area contributed by atoms with E-state index in [4.69, 9.17) is 4.42 Å². The molecule has 0 amide bonds. The number of hydrogen-bond acceptors (Lipinski definition) is 5. The van der Waals surface area contributed by atoms with Crippen molar-refractivity contribution in [2.24, 2.45) is 0 Å². The molecule has 418 valence electrons. The fourth-order valence-electron chi connectivity index (χ4n) is 12.6. The molecule has 0 saturated carbocycles. The topological polar surface area (TPSA) is 22.9 Å². The van der Waals surface area contributed by atoms with Gasteiger partial charge in [0.1, 0.15) is 11.2 Å². The number of furan rings is 1. The number of nitrogens with zero attached hydrogens (tertiary/aromatic N) is 3. The highest BCUT2D eigenvalue weighted by molar-refractivity contribution is 9.10. The van der Waals surface area contributed by atoms with Crippen LogP contribution in [0.4, 0.5) is 51.2 Å². The summed E-state index contributed by atoms with van der Waals surface area (Å²) in [6, 6.07) is 83.2. The van der Waals surface area contributed by atoms with Gasteiger partial charge in [-0.2, -0.15) is 0 Å². The molecule has 0 radical (unpaired) electrons. The van der Waals surface area contributed by atoms with E-state index in [2.05, 4.69) is 324 Å². The van der Waals surface area contributed by atoms with Crippen LogP contribution in [0.3, 0.4) is 0 Å². The maximum atomic E-state index is 6.56. The molecule has 12 aromatic rings. The molecule has 0 saturated heterocycles. The largest absolute Gasteiger partial charge is 0.456 e. The van der Waals surface area contributed by atoms with Crippen LogP contribution in [0.25, 0.3) is 54.3 Å². The average Bonchev–Trinajstić information content (AvgIpc) is 2.24. The minimum atomic E-state index is -0.0383. The van der Waals surface area contributed by atoms with E-state index in [9.17, 15) is 0 Å². The van der Waals surface area contributed by atoms with Crippen LogP contribution in [0.2, 0.25) is 0 Å². The molecule has 0 spiro atoms. The molecule has 84 heavy (non-hydrogen) atoms. The summed E-state index contributed by atoms with van der Waals surface area (Å²) in [5.41, 5.74) is 21.2. The monoisotopic (exact) mass is 1180 g/mol. The fourth-order valence-corrected chi connectivity index (χ4v) is 13.9. The fraction of sp³-hybridized carbons (Fsp3) is 0.205. The van der Waals surface area contributed by atoms with Crippen LogP contribution in [0, 0.1) is 0 Å². The molecule has 6 heteroatoms. The minimum Gasteiger partial charge on any atom is -0.456 e. The number of hydrogen-bond donors (Lipinski definition) is 0. The predicted octanol–water partition coefficient (Wildman–Crippen LogP) is 24.3. The maximum absolute atomic E-state index is 6.56. The van der Waals surface area contributed by atoms with Gasteiger partial charge in [-0.25, -0.2) is 0 Å². The molecule has 4 nitrogen and oxygen atoms in total. The molecular weight excluding hydrogens is 1110 g/mol. The number of para-hydroxylation sites is 2. The van der Waals surface area contributed by atoms with Gasteiger partial charge in [0.25, 0.3) is 0 Å². The van der Waals surface area contributed by atoms with Crippen molar-refractivity contribution in [3.8, 4) is 22.3 Å². The summed E-state index contributed by atoms with van der Waals surface area (Å²) in [5.74, 6) is 0. The van der Waals surface area contributed by atoms with E-state index < -0.39 is 0 Å². The second-order valence-electron chi connectivity index (χ2n) is 26.3. The van der Waals surface area contributed by atoms with E-state index in [1.165, 1.54) is 32.3 Å². The highest BCUT2D eigenvalue weighted by Crippen LogP contribution is 2.53. The number of halogens is 1. The van der Waals surface area contributed by atoms with Crippen LogP contribution >= 0.6 is 27.3 Å². The Morgan fingerprint density at radius 1 is 0.393 bits per heavy atom. The Labute approximate surface area is 508 Å². The van der Waals surface area contributed by atoms with Gasteiger partial charge >= 0.3 is 0 Å². The van der Waals surface area contributed by atoms with Crippen LogP contribution in [0.5, 0.6) is 0 Å². The summed E-state index contributed by atoms with van der Waals surface area (Å²) in [6.45, 7) is 23.4. The van der Waals surface area contributed by atoms with Crippen molar-refractivity contribution in [3.63, 3.8) is 0 Å². The van der Waals surface area contributed by atoms with Gasteiger partial charge in [0, 0.05) is 70.4 Å². The lowest BCUT2D eigenvalue weighted by molar-refractivity contribution is 0.332. The molecule has 1 aliphatic rings. The third-order valence-electron chi connectivity index (χ3n) is 17.5. The van der Waals surface area contributed by atoms with Crippen molar-refractivity contribution < 1.29 is 4.42 Å². The maximum Gasteiger partial charge on any atom is 0.135 e. The van der Waals surface area contributed by atoms with Gasteiger partial charge in [-0.3, -0.25) is 0 Å². The molecule has 2 aromatic heterocycles. The Hall–Kier alpha value is -8.16. The van der Waals surface area contributed by atoms with Crippen molar-refractivity contribution in [1.82, 2.24) is 0 Å². The summed E-state index contributed by atoms with van der Waals surface area (Å²) < 4.78 is 8.76. The molecule has 0 fully saturated rings. The molecule has 10 aromatic carbocycles. The Bertz CT molecular complexity index is 4420. The van der Waals surface area contributed by atoms with Gasteiger partial charge in [0.2, 0.25) is 0 Å². The predicted molar refractivity (Wildman–Crippen MR) is 364 cm³/mol. The molecule has 0 N–H and O–H groups in total. The second-order valence-corrected chi connectivity index (χ2v) is 28.0. The first kappa shape index (κ1) is 55.1. The van der Waals surface area contributed by atoms with E-state index in [0.29, 0.717) is 0 Å². The van der Waals surface area contributed by atoms with Crippen molar-refractivity contribution in [2.75, 3.05) is 14.7 Å². The number of thiophene rings is 1. The quantitative estimate of drug-likeness (QED) is 0.129. The molecular formula is C78H72BrN3OS. The zero-order valence-electron chi connectivity index (χ0n) is 49.9. The molecule has 1 aliphatic carbocycles. The smallest absolute Gasteiger partial charge is 0.135 e. The van der Waals surface area contributed by atoms with E-state index in [0.717, 1.165) is 113 Å². The SMILES string of the molecule is CC(C)(C)c1ccc(N(c2cc(-c3ccccc3)cc(N(c3ccc4oc5ccccc5c4c3)c3cc(N(c4ccc5c(c4)C(C)(C)CCC5(C)C)c4ccccc4-c4ccccc4)ccc3Br)c2)c2csc3ccc(C(C)(C)C)cc23)cc1. The normalized spacial score (nSPS) is 14.0. The van der Waals surface area contributed by atoms with E-state index in [1.54, 1.807) is 11.3 Å². The Morgan fingerprint density at radius 3 is 1.65 bits per heavy atom. The van der Waals surface area contributed by atoms with Crippen molar-refractivity contribution in [1.29, 1.82) is 0 Å². The molecule has 2 heterocycles. The molecule has 0 atom stereocenters. The number of fused-ring (bicyclic) bond motifs is 5. The minimum absolute atomic E-state index is 0.00274. The lowest BCUT2D eigenvalue weighted by Gasteiger charge is -2.42. The van der Waals surface area contributed by atoms with E-state index in [1.807, 2.05) is 6.07 Å². The van der Waals surface area contributed by atoms with Crippen LogP contribution in [0.15, 0.2) is 239 Å². The zero-order chi connectivity index (χ0) is 58.3. The highest BCUT2D eigenvalue weighted by atomic mass is 79.9. The summed E-state index contributed by atoms with van der Waals surface area (Å²) in [5, 5.41) is 5.71. The summed E-state index contributed by atoms with van der Waals surface area (Å²) in [7, 11) is 0. The van der Waals surface area contributed by atoms with Crippen LogP contribution in [-0.4, -0.2) is 0 Å². The van der Waals surface area contributed by atoms with E-state index in [-0.39, 0.29) is 21.7 Å². The zero-order valence-corrected chi connectivity index (χ0v) is 52.3. The molecule has 0 unspecified atom stereocenters. The first-order chi connectivity index (χ1) is 40.3. The Kier molecular flexibility index (Phi) is 13.9. The first-order valence-electron chi connectivity index (χ1n) is 29.5. The van der Waals surface area contributed by atoms with Gasteiger partial charge in [-0.05, 0) is 193 Å². The van der Waals surface area contributed by atoms with Gasteiger partial charge < -0.3 is 19.1 Å². The standard InChI is InChI=1S/C78H72BrN3OS/c1-75(2,3)54-29-32-56(33-30-54)80(71-50-84-74-40-31-55(45-65(71)74)76(4,5)6)60-43-53(51-21-13-11-14-22-51)44-61(46-60)82(57-36-39-73-64(47-57)63-26-18-20-28-72(63)83-73)70-49-59(35-38-68(70)79)81(69-27-19-17-25-62(69)52-23-15-12-16-24-52)58-34-37-66-67(48-58)78(9,10)42-41-77(66,7)8/h11-40,43-50H,41-42H2,1-10H3. The van der Waals surface area contributed by atoms with Gasteiger partial charge in [0.15, 0.2) is 0 Å². The summed E-state index contributed by atoms with van der Waals surface area (Å²) in [4.78, 5) is 7.43. The number of rotatable bonds is 11. The number of benzene rings is 10. The molecule has 0 aliphatic heterocycles. The van der Waals surface area contributed by atoms with Crippen LogP contribution in [-0.2, 0) is 21.7 Å². The van der Waals surface area contributed by atoms with Crippen LogP contribution in [0.1, 0.15) is 104 Å². The average molecular weight is 1180 g/mol. The third-order valence-corrected chi connectivity index (χ3v) is 19.2. The lowest BCUT2D eigenvalue weighted by atomic mass is 9.63. The highest BCUT2D eigenvalue weighted by Gasteiger charge is 2.38. The third kappa shape index (κ3) is 10.2. The Balaban J connectivity index is 1.09. The van der Waals surface area contributed by atoms with Crippen LogP contribution < -0.4 is 14.7 Å². The van der Waals surface area contributed by atoms with Crippen molar-refractivity contribution >= 4 is 110 Å². The summed E-state index contributed by atoms with van der Waals surface area (Å²) >= 11 is 6.06. The first-order valence-corrected chi connectivity index (χ1v) is 31.2. The Morgan fingerprint density at radius 2 is 0.940 bits per heavy atom. The van der Waals surface area contributed by atoms with Crippen molar-refractivity contribution in [3.05, 3.63) is 257 Å². The molecule has 13 rings (SSSR count). The van der Waals surface area contributed by atoms with Crippen molar-refractivity contribution in [2.45, 2.75) is 104 Å².